The van der Waals surface area contributed by atoms with Gasteiger partial charge >= 0.3 is 0 Å². The summed E-state index contributed by atoms with van der Waals surface area (Å²) in [5.41, 5.74) is 0.914. The van der Waals surface area contributed by atoms with Gasteiger partial charge in [0.25, 0.3) is 0 Å². The number of benzene rings is 1. The van der Waals surface area contributed by atoms with Crippen molar-refractivity contribution in [1.29, 1.82) is 0 Å². The minimum absolute atomic E-state index is 0.605. The fourth-order valence-corrected chi connectivity index (χ4v) is 1.30. The molecule has 0 heterocycles. The quantitative estimate of drug-likeness (QED) is 0.683. The predicted octanol–water partition coefficient (Wildman–Crippen LogP) is 2.79. The van der Waals surface area contributed by atoms with Crippen LogP contribution >= 0.6 is 11.6 Å². The van der Waals surface area contributed by atoms with Crippen LogP contribution in [0.5, 0.6) is 5.75 Å². The Morgan fingerprint density at radius 1 is 1.54 bits per heavy atom. The third-order valence-electron chi connectivity index (χ3n) is 1.55. The molecule has 0 spiro atoms. The fraction of sp³-hybridized carbons (Fsp3) is 0.300. The molecule has 0 radical (unpaired) electrons. The molecule has 0 aromatic heterocycles. The fourth-order valence-electron chi connectivity index (χ4n) is 1.06. The summed E-state index contributed by atoms with van der Waals surface area (Å²) >= 11 is 5.96. The Bertz CT molecular complexity index is 310. The molecule has 0 bridgehead atoms. The van der Waals surface area contributed by atoms with E-state index in [2.05, 4.69) is 4.99 Å². The average molecular weight is 198 g/mol. The summed E-state index contributed by atoms with van der Waals surface area (Å²) in [5, 5.41) is 0.624. The van der Waals surface area contributed by atoms with Crippen LogP contribution in [0.2, 0.25) is 5.02 Å². The van der Waals surface area contributed by atoms with Gasteiger partial charge in [-0.2, -0.15) is 0 Å². The summed E-state index contributed by atoms with van der Waals surface area (Å²) in [7, 11) is 1.72. The second-order valence-corrected chi connectivity index (χ2v) is 2.89. The molecule has 2 nitrogen and oxygen atoms in total. The van der Waals surface area contributed by atoms with Crippen molar-refractivity contribution in [3.8, 4) is 5.75 Å². The smallest absolute Gasteiger partial charge is 0.146 e. The zero-order chi connectivity index (χ0) is 9.68. The SMILES string of the molecule is CCOc1c(Cl)cccc1C=NC. The van der Waals surface area contributed by atoms with Crippen LogP contribution in [-0.2, 0) is 0 Å². The van der Waals surface area contributed by atoms with Crippen LogP contribution in [-0.4, -0.2) is 19.9 Å². The van der Waals surface area contributed by atoms with Gasteiger partial charge in [0.2, 0.25) is 0 Å². The second-order valence-electron chi connectivity index (χ2n) is 2.48. The Morgan fingerprint density at radius 2 is 2.31 bits per heavy atom. The lowest BCUT2D eigenvalue weighted by atomic mass is 10.2. The number of para-hydroxylation sites is 1. The maximum Gasteiger partial charge on any atom is 0.146 e. The number of hydrogen-bond acceptors (Lipinski definition) is 2. The van der Waals surface area contributed by atoms with Gasteiger partial charge in [-0.25, -0.2) is 0 Å². The molecule has 1 aromatic rings. The van der Waals surface area contributed by atoms with Crippen LogP contribution in [0.4, 0.5) is 0 Å². The van der Waals surface area contributed by atoms with E-state index < -0.39 is 0 Å². The van der Waals surface area contributed by atoms with Crippen molar-refractivity contribution in [2.75, 3.05) is 13.7 Å². The van der Waals surface area contributed by atoms with Gasteiger partial charge in [0, 0.05) is 18.8 Å². The highest BCUT2D eigenvalue weighted by Gasteiger charge is 2.04. The number of rotatable bonds is 3. The van der Waals surface area contributed by atoms with E-state index in [-0.39, 0.29) is 0 Å². The molecule has 0 amide bonds. The summed E-state index contributed by atoms with van der Waals surface area (Å²) in [6, 6.07) is 5.60. The molecule has 0 unspecified atom stereocenters. The summed E-state index contributed by atoms with van der Waals surface area (Å²) in [4.78, 5) is 3.93. The van der Waals surface area contributed by atoms with E-state index in [0.29, 0.717) is 17.4 Å². The minimum atomic E-state index is 0.605. The van der Waals surface area contributed by atoms with Gasteiger partial charge in [-0.15, -0.1) is 0 Å². The van der Waals surface area contributed by atoms with Gasteiger partial charge < -0.3 is 4.74 Å². The minimum Gasteiger partial charge on any atom is -0.492 e. The van der Waals surface area contributed by atoms with Gasteiger partial charge in [-0.05, 0) is 19.1 Å². The van der Waals surface area contributed by atoms with Gasteiger partial charge in [-0.3, -0.25) is 4.99 Å². The lowest BCUT2D eigenvalue weighted by molar-refractivity contribution is 0.340. The van der Waals surface area contributed by atoms with E-state index in [1.54, 1.807) is 19.3 Å². The highest BCUT2D eigenvalue weighted by molar-refractivity contribution is 6.32. The van der Waals surface area contributed by atoms with E-state index in [9.17, 15) is 0 Å². The van der Waals surface area contributed by atoms with Gasteiger partial charge in [0.15, 0.2) is 0 Å². The zero-order valence-electron chi connectivity index (χ0n) is 7.75. The Morgan fingerprint density at radius 3 is 2.92 bits per heavy atom. The predicted molar refractivity (Wildman–Crippen MR) is 56.1 cm³/mol. The molecule has 0 N–H and O–H groups in total. The molecule has 3 heteroatoms. The molecule has 70 valence electrons. The van der Waals surface area contributed by atoms with Crippen LogP contribution in [0.15, 0.2) is 23.2 Å². The van der Waals surface area contributed by atoms with Gasteiger partial charge in [-0.1, -0.05) is 17.7 Å². The Labute approximate surface area is 83.2 Å². The lowest BCUT2D eigenvalue weighted by Crippen LogP contribution is -1.96. The molecule has 0 aliphatic heterocycles. The molecular weight excluding hydrogens is 186 g/mol. The second kappa shape index (κ2) is 4.87. The third-order valence-corrected chi connectivity index (χ3v) is 1.85. The Hall–Kier alpha value is -1.02. The molecule has 0 fully saturated rings. The first-order valence-electron chi connectivity index (χ1n) is 4.13. The van der Waals surface area contributed by atoms with Crippen molar-refractivity contribution >= 4 is 17.8 Å². The van der Waals surface area contributed by atoms with Crippen molar-refractivity contribution in [2.24, 2.45) is 4.99 Å². The largest absolute Gasteiger partial charge is 0.492 e. The number of halogens is 1. The Kier molecular flexibility index (Phi) is 3.77. The topological polar surface area (TPSA) is 21.6 Å². The first-order valence-corrected chi connectivity index (χ1v) is 4.50. The first-order chi connectivity index (χ1) is 6.29. The third kappa shape index (κ3) is 2.46. The van der Waals surface area contributed by atoms with Crippen LogP contribution in [0, 0.1) is 0 Å². The Balaban J connectivity index is 3.09. The molecule has 0 aliphatic rings. The molecular formula is C10H12ClNO. The van der Waals surface area contributed by atoms with Crippen molar-refractivity contribution in [3.63, 3.8) is 0 Å². The highest BCUT2D eigenvalue weighted by Crippen LogP contribution is 2.27. The summed E-state index contributed by atoms with van der Waals surface area (Å²) < 4.78 is 5.40. The van der Waals surface area contributed by atoms with Crippen molar-refractivity contribution in [3.05, 3.63) is 28.8 Å². The average Bonchev–Trinajstić information content (AvgIpc) is 2.11. The molecule has 1 aromatic carbocycles. The number of nitrogens with zero attached hydrogens (tertiary/aromatic N) is 1. The zero-order valence-corrected chi connectivity index (χ0v) is 8.51. The normalized spacial score (nSPS) is 10.7. The summed E-state index contributed by atoms with van der Waals surface area (Å²) in [5.74, 6) is 0.706. The van der Waals surface area contributed by atoms with Crippen molar-refractivity contribution in [1.82, 2.24) is 0 Å². The van der Waals surface area contributed by atoms with E-state index in [4.69, 9.17) is 16.3 Å². The molecule has 1 rings (SSSR count). The number of hydrogen-bond donors (Lipinski definition) is 0. The number of aliphatic imine (C=N–C) groups is 1. The summed E-state index contributed by atoms with van der Waals surface area (Å²) in [6.07, 6.45) is 1.73. The van der Waals surface area contributed by atoms with Crippen molar-refractivity contribution in [2.45, 2.75) is 6.92 Å². The van der Waals surface area contributed by atoms with Crippen LogP contribution in [0.3, 0.4) is 0 Å². The standard InChI is InChI=1S/C10H12ClNO/c1-3-13-10-8(7-12-2)5-4-6-9(10)11/h4-7H,3H2,1-2H3. The number of ether oxygens (including phenoxy) is 1. The lowest BCUT2D eigenvalue weighted by Gasteiger charge is -2.07. The van der Waals surface area contributed by atoms with Gasteiger partial charge in [0.1, 0.15) is 5.75 Å². The van der Waals surface area contributed by atoms with E-state index in [1.165, 1.54) is 0 Å². The maximum absolute atomic E-state index is 5.96. The highest BCUT2D eigenvalue weighted by atomic mass is 35.5. The van der Waals surface area contributed by atoms with Crippen molar-refractivity contribution < 1.29 is 4.74 Å². The first kappa shape index (κ1) is 10.1. The van der Waals surface area contributed by atoms with Gasteiger partial charge in [0.05, 0.1) is 11.6 Å². The molecule has 0 atom stereocenters. The summed E-state index contributed by atoms with van der Waals surface area (Å²) in [6.45, 7) is 2.53. The van der Waals surface area contributed by atoms with Crippen LogP contribution in [0.1, 0.15) is 12.5 Å². The molecule has 0 aliphatic carbocycles. The molecule has 13 heavy (non-hydrogen) atoms. The maximum atomic E-state index is 5.96. The monoisotopic (exact) mass is 197 g/mol. The van der Waals surface area contributed by atoms with E-state index in [1.807, 2.05) is 19.1 Å². The van der Waals surface area contributed by atoms with E-state index >= 15 is 0 Å². The molecule has 0 saturated heterocycles. The van der Waals surface area contributed by atoms with Crippen LogP contribution < -0.4 is 4.74 Å². The van der Waals surface area contributed by atoms with E-state index in [0.717, 1.165) is 5.56 Å². The molecule has 0 saturated carbocycles. The van der Waals surface area contributed by atoms with Crippen LogP contribution in [0.25, 0.3) is 0 Å².